The van der Waals surface area contributed by atoms with Crippen molar-refractivity contribution in [3.8, 4) is 0 Å². The van der Waals surface area contributed by atoms with Crippen LogP contribution in [0.15, 0.2) is 0 Å². The van der Waals surface area contributed by atoms with E-state index in [9.17, 15) is 13.2 Å². The highest BCUT2D eigenvalue weighted by atomic mass is 32.2. The molecule has 1 fully saturated rings. The molecule has 2 unspecified atom stereocenters. The van der Waals surface area contributed by atoms with Gasteiger partial charge in [-0.15, -0.1) is 0 Å². The summed E-state index contributed by atoms with van der Waals surface area (Å²) in [6, 6.07) is -0.850. The van der Waals surface area contributed by atoms with Crippen LogP contribution in [0.25, 0.3) is 0 Å². The van der Waals surface area contributed by atoms with Crippen molar-refractivity contribution in [3.63, 3.8) is 0 Å². The second kappa shape index (κ2) is 4.94. The van der Waals surface area contributed by atoms with Gasteiger partial charge in [-0.2, -0.15) is 0 Å². The first kappa shape index (κ1) is 14.4. The Kier molecular flexibility index (Phi) is 4.19. The first-order valence-corrected chi connectivity index (χ1v) is 7.67. The average Bonchev–Trinajstić information content (AvgIpc) is 2.24. The van der Waals surface area contributed by atoms with Crippen LogP contribution in [0.5, 0.6) is 0 Å². The number of hydrogen-bond donors (Lipinski definition) is 1. The van der Waals surface area contributed by atoms with E-state index in [0.717, 1.165) is 0 Å². The van der Waals surface area contributed by atoms with Gasteiger partial charge in [0.05, 0.1) is 17.0 Å². The smallest absolute Gasteiger partial charge is 0.240 e. The third-order valence-electron chi connectivity index (χ3n) is 3.64. The molecule has 1 heterocycles. The largest absolute Gasteiger partial charge is 0.336 e. The standard InChI is InChI=1S/C11H22N2O3S/c1-7(2)10(12)11(14)13-5-6-17(15,16)9(4)8(13)3/h7-10H,5-6,12H2,1-4H3/t8?,9?,10-/m0/s1. The quantitative estimate of drug-likeness (QED) is 0.760. The minimum absolute atomic E-state index is 0.0368. The molecule has 1 saturated heterocycles. The summed E-state index contributed by atoms with van der Waals surface area (Å²) in [7, 11) is -3.06. The molecule has 3 atom stereocenters. The molecule has 1 aliphatic rings. The maximum Gasteiger partial charge on any atom is 0.240 e. The van der Waals surface area contributed by atoms with E-state index in [2.05, 4.69) is 0 Å². The van der Waals surface area contributed by atoms with E-state index in [1.165, 1.54) is 0 Å². The Morgan fingerprint density at radius 3 is 2.35 bits per heavy atom. The van der Waals surface area contributed by atoms with Gasteiger partial charge < -0.3 is 10.6 Å². The highest BCUT2D eigenvalue weighted by Crippen LogP contribution is 2.20. The lowest BCUT2D eigenvalue weighted by molar-refractivity contribution is -0.135. The van der Waals surface area contributed by atoms with Crippen LogP contribution in [0, 0.1) is 5.92 Å². The molecular weight excluding hydrogens is 240 g/mol. The van der Waals surface area contributed by atoms with Crippen LogP contribution in [0.3, 0.4) is 0 Å². The number of rotatable bonds is 2. The van der Waals surface area contributed by atoms with E-state index in [1.807, 2.05) is 13.8 Å². The predicted octanol–water partition coefficient (Wildman–Crippen LogP) is 0.00370. The van der Waals surface area contributed by atoms with Gasteiger partial charge in [0.25, 0.3) is 0 Å². The maximum atomic E-state index is 12.1. The van der Waals surface area contributed by atoms with Crippen molar-refractivity contribution < 1.29 is 13.2 Å². The summed E-state index contributed by atoms with van der Waals surface area (Å²) < 4.78 is 23.4. The van der Waals surface area contributed by atoms with Gasteiger partial charge in [0.1, 0.15) is 0 Å². The number of carbonyl (C=O) groups excluding carboxylic acids is 1. The lowest BCUT2D eigenvalue weighted by Crippen LogP contribution is -2.58. The van der Waals surface area contributed by atoms with E-state index in [0.29, 0.717) is 0 Å². The van der Waals surface area contributed by atoms with Crippen molar-refractivity contribution in [3.05, 3.63) is 0 Å². The Hall–Kier alpha value is -0.620. The van der Waals surface area contributed by atoms with Crippen LogP contribution >= 0.6 is 0 Å². The number of hydrogen-bond acceptors (Lipinski definition) is 4. The highest BCUT2D eigenvalue weighted by molar-refractivity contribution is 7.92. The van der Waals surface area contributed by atoms with Gasteiger partial charge in [-0.3, -0.25) is 4.79 Å². The third kappa shape index (κ3) is 2.80. The van der Waals surface area contributed by atoms with E-state index in [-0.39, 0.29) is 30.2 Å². The first-order valence-electron chi connectivity index (χ1n) is 5.96. The lowest BCUT2D eigenvalue weighted by atomic mass is 10.0. The Bertz CT molecular complexity index is 392. The summed E-state index contributed by atoms with van der Waals surface area (Å²) >= 11 is 0. The normalized spacial score (nSPS) is 30.4. The van der Waals surface area contributed by atoms with Gasteiger partial charge in [-0.1, -0.05) is 13.8 Å². The van der Waals surface area contributed by atoms with Crippen LogP contribution in [0.2, 0.25) is 0 Å². The van der Waals surface area contributed by atoms with Crippen molar-refractivity contribution >= 4 is 15.7 Å². The van der Waals surface area contributed by atoms with Crippen LogP contribution in [0.1, 0.15) is 27.7 Å². The Labute approximate surface area is 103 Å². The minimum Gasteiger partial charge on any atom is -0.336 e. The number of carbonyl (C=O) groups is 1. The van der Waals surface area contributed by atoms with Gasteiger partial charge in [-0.25, -0.2) is 8.42 Å². The van der Waals surface area contributed by atoms with Crippen molar-refractivity contribution in [2.45, 2.75) is 45.0 Å². The molecular formula is C11H22N2O3S. The monoisotopic (exact) mass is 262 g/mol. The minimum atomic E-state index is -3.06. The number of nitrogens with zero attached hydrogens (tertiary/aromatic N) is 1. The molecule has 6 heteroatoms. The summed E-state index contributed by atoms with van der Waals surface area (Å²) in [5.41, 5.74) is 5.83. The van der Waals surface area contributed by atoms with Crippen molar-refractivity contribution in [2.24, 2.45) is 11.7 Å². The van der Waals surface area contributed by atoms with Gasteiger partial charge in [-0.05, 0) is 19.8 Å². The van der Waals surface area contributed by atoms with Gasteiger partial charge in [0.2, 0.25) is 5.91 Å². The topological polar surface area (TPSA) is 80.5 Å². The second-order valence-corrected chi connectivity index (χ2v) is 7.59. The molecule has 0 bridgehead atoms. The molecule has 1 rings (SSSR count). The number of nitrogens with two attached hydrogens (primary N) is 1. The SMILES string of the molecule is CC(C)[C@H](N)C(=O)N1CCS(=O)(=O)C(C)C1C. The summed E-state index contributed by atoms with van der Waals surface area (Å²) in [5, 5.41) is -0.514. The third-order valence-corrected chi connectivity index (χ3v) is 5.92. The Balaban J connectivity index is 2.85. The van der Waals surface area contributed by atoms with Crippen LogP contribution < -0.4 is 5.73 Å². The van der Waals surface area contributed by atoms with Gasteiger partial charge >= 0.3 is 0 Å². The van der Waals surface area contributed by atoms with Crippen molar-refractivity contribution in [1.82, 2.24) is 4.90 Å². The van der Waals surface area contributed by atoms with E-state index < -0.39 is 21.1 Å². The molecule has 0 aliphatic carbocycles. The molecule has 17 heavy (non-hydrogen) atoms. The second-order valence-electron chi connectivity index (χ2n) is 5.11. The van der Waals surface area contributed by atoms with Crippen LogP contribution in [-0.4, -0.2) is 48.9 Å². The Morgan fingerprint density at radius 2 is 1.88 bits per heavy atom. The van der Waals surface area contributed by atoms with Crippen LogP contribution in [0.4, 0.5) is 0 Å². The molecule has 0 spiro atoms. The zero-order valence-corrected chi connectivity index (χ0v) is 11.7. The number of sulfone groups is 1. The summed E-state index contributed by atoms with van der Waals surface area (Å²) in [6.45, 7) is 7.45. The zero-order valence-electron chi connectivity index (χ0n) is 10.9. The molecule has 0 aromatic heterocycles. The summed E-state index contributed by atoms with van der Waals surface area (Å²) in [4.78, 5) is 13.7. The Morgan fingerprint density at radius 1 is 1.35 bits per heavy atom. The van der Waals surface area contributed by atoms with E-state index >= 15 is 0 Å². The number of amides is 1. The van der Waals surface area contributed by atoms with Gasteiger partial charge in [0, 0.05) is 12.6 Å². The molecule has 0 radical (unpaired) electrons. The lowest BCUT2D eigenvalue weighted by Gasteiger charge is -2.39. The fourth-order valence-corrected chi connectivity index (χ4v) is 3.53. The van der Waals surface area contributed by atoms with Gasteiger partial charge in [0.15, 0.2) is 9.84 Å². The average molecular weight is 262 g/mol. The summed E-state index contributed by atoms with van der Waals surface area (Å²) in [6.07, 6.45) is 0. The van der Waals surface area contributed by atoms with Crippen molar-refractivity contribution in [1.29, 1.82) is 0 Å². The van der Waals surface area contributed by atoms with Crippen LogP contribution in [-0.2, 0) is 14.6 Å². The maximum absolute atomic E-state index is 12.1. The van der Waals surface area contributed by atoms with Crippen molar-refractivity contribution in [2.75, 3.05) is 12.3 Å². The highest BCUT2D eigenvalue weighted by Gasteiger charge is 2.39. The molecule has 0 aromatic carbocycles. The molecule has 100 valence electrons. The molecule has 5 nitrogen and oxygen atoms in total. The fraction of sp³-hybridized carbons (Fsp3) is 0.909. The van der Waals surface area contributed by atoms with E-state index in [1.54, 1.807) is 18.7 Å². The molecule has 0 saturated carbocycles. The summed E-state index contributed by atoms with van der Waals surface area (Å²) in [5.74, 6) is -0.0486. The first-order chi connectivity index (χ1) is 7.68. The molecule has 1 amide bonds. The van der Waals surface area contributed by atoms with E-state index in [4.69, 9.17) is 5.73 Å². The fourth-order valence-electron chi connectivity index (χ4n) is 1.96. The zero-order chi connectivity index (χ0) is 13.4. The molecule has 2 N–H and O–H groups in total. The molecule has 1 aliphatic heterocycles. The predicted molar refractivity (Wildman–Crippen MR) is 67.2 cm³/mol. The molecule has 0 aromatic rings.